The molecule has 1 saturated heterocycles. The Labute approximate surface area is 101 Å². The number of likely N-dealkylation sites (tertiary alicyclic amines) is 1. The molecule has 1 N–H and O–H groups in total. The molecule has 0 aromatic heterocycles. The summed E-state index contributed by atoms with van der Waals surface area (Å²) < 4.78 is 0. The normalized spacial score (nSPS) is 28.9. The van der Waals surface area contributed by atoms with Crippen molar-refractivity contribution in [3.63, 3.8) is 0 Å². The Morgan fingerprint density at radius 2 is 2.06 bits per heavy atom. The summed E-state index contributed by atoms with van der Waals surface area (Å²) in [4.78, 5) is 5.06. The van der Waals surface area contributed by atoms with Gasteiger partial charge >= 0.3 is 0 Å². The molecule has 96 valence electrons. The number of nitrogens with zero attached hydrogens (tertiary/aromatic N) is 2. The molecule has 1 fully saturated rings. The van der Waals surface area contributed by atoms with E-state index in [2.05, 4.69) is 50.1 Å². The van der Waals surface area contributed by atoms with Crippen LogP contribution in [0.25, 0.3) is 0 Å². The standard InChI is InChI=1S/C13H29N3/c1-6-7-12(8-14-3)16-9-11(2)13(10-16)15(4)5/h11-14H,6-10H2,1-5H3. The molecule has 1 heterocycles. The highest BCUT2D eigenvalue weighted by Gasteiger charge is 2.33. The van der Waals surface area contributed by atoms with E-state index in [9.17, 15) is 0 Å². The Hall–Kier alpha value is -0.120. The molecule has 0 aromatic rings. The van der Waals surface area contributed by atoms with Gasteiger partial charge in [0.1, 0.15) is 0 Å². The molecule has 1 aliphatic heterocycles. The second-order valence-electron chi connectivity index (χ2n) is 5.46. The van der Waals surface area contributed by atoms with Gasteiger partial charge in [0.05, 0.1) is 0 Å². The van der Waals surface area contributed by atoms with Crippen LogP contribution in [0.2, 0.25) is 0 Å². The van der Waals surface area contributed by atoms with Crippen molar-refractivity contribution in [2.45, 2.75) is 38.8 Å². The third kappa shape index (κ3) is 3.44. The predicted octanol–water partition coefficient (Wildman–Crippen LogP) is 1.26. The van der Waals surface area contributed by atoms with Gasteiger partial charge in [0.15, 0.2) is 0 Å². The van der Waals surface area contributed by atoms with Gasteiger partial charge in [-0.15, -0.1) is 0 Å². The maximum Gasteiger partial charge on any atom is 0.0254 e. The molecule has 0 spiro atoms. The molecule has 16 heavy (non-hydrogen) atoms. The van der Waals surface area contributed by atoms with Crippen LogP contribution in [0.15, 0.2) is 0 Å². The predicted molar refractivity (Wildman–Crippen MR) is 70.8 cm³/mol. The Morgan fingerprint density at radius 1 is 1.38 bits per heavy atom. The molecule has 3 nitrogen and oxygen atoms in total. The first-order valence-corrected chi connectivity index (χ1v) is 6.65. The number of rotatable bonds is 6. The summed E-state index contributed by atoms with van der Waals surface area (Å²) in [5, 5.41) is 3.33. The molecule has 3 atom stereocenters. The minimum absolute atomic E-state index is 0.724. The van der Waals surface area contributed by atoms with Gasteiger partial charge in [0.25, 0.3) is 0 Å². The number of likely N-dealkylation sites (N-methyl/N-ethyl adjacent to an activating group) is 2. The Kier molecular flexibility index (Phi) is 5.73. The summed E-state index contributed by atoms with van der Waals surface area (Å²) in [6.07, 6.45) is 2.59. The van der Waals surface area contributed by atoms with Crippen molar-refractivity contribution in [1.29, 1.82) is 0 Å². The molecular formula is C13H29N3. The maximum absolute atomic E-state index is 3.33. The smallest absolute Gasteiger partial charge is 0.0254 e. The lowest BCUT2D eigenvalue weighted by Gasteiger charge is -2.28. The zero-order chi connectivity index (χ0) is 12.1. The van der Waals surface area contributed by atoms with Crippen LogP contribution in [0.5, 0.6) is 0 Å². The number of hydrogen-bond donors (Lipinski definition) is 1. The average molecular weight is 227 g/mol. The van der Waals surface area contributed by atoms with Crippen LogP contribution in [0.1, 0.15) is 26.7 Å². The van der Waals surface area contributed by atoms with Crippen molar-refractivity contribution in [2.24, 2.45) is 5.92 Å². The van der Waals surface area contributed by atoms with E-state index in [0.29, 0.717) is 0 Å². The third-order valence-electron chi connectivity index (χ3n) is 3.84. The van der Waals surface area contributed by atoms with E-state index in [-0.39, 0.29) is 0 Å². The highest BCUT2D eigenvalue weighted by molar-refractivity contribution is 4.90. The summed E-state index contributed by atoms with van der Waals surface area (Å²) in [6.45, 7) is 8.29. The van der Waals surface area contributed by atoms with Gasteiger partial charge in [0.2, 0.25) is 0 Å². The molecule has 1 rings (SSSR count). The van der Waals surface area contributed by atoms with Crippen LogP contribution >= 0.6 is 0 Å². The van der Waals surface area contributed by atoms with Gasteiger partial charge in [-0.25, -0.2) is 0 Å². The largest absolute Gasteiger partial charge is 0.318 e. The number of nitrogens with one attached hydrogen (secondary N) is 1. The van der Waals surface area contributed by atoms with E-state index in [0.717, 1.165) is 24.5 Å². The first kappa shape index (κ1) is 13.9. The maximum atomic E-state index is 3.33. The fourth-order valence-electron chi connectivity index (χ4n) is 2.94. The highest BCUT2D eigenvalue weighted by Crippen LogP contribution is 2.23. The third-order valence-corrected chi connectivity index (χ3v) is 3.84. The van der Waals surface area contributed by atoms with Gasteiger partial charge in [-0.05, 0) is 33.5 Å². The van der Waals surface area contributed by atoms with E-state index in [1.807, 2.05) is 0 Å². The first-order valence-electron chi connectivity index (χ1n) is 6.65. The summed E-state index contributed by atoms with van der Waals surface area (Å²) in [7, 11) is 6.47. The molecule has 0 aliphatic carbocycles. The quantitative estimate of drug-likeness (QED) is 0.737. The van der Waals surface area contributed by atoms with Gasteiger partial charge < -0.3 is 10.2 Å². The van der Waals surface area contributed by atoms with Crippen LogP contribution in [0.3, 0.4) is 0 Å². The lowest BCUT2D eigenvalue weighted by molar-refractivity contribution is 0.203. The van der Waals surface area contributed by atoms with Crippen molar-refractivity contribution < 1.29 is 0 Å². The fraction of sp³-hybridized carbons (Fsp3) is 1.00. The van der Waals surface area contributed by atoms with E-state index in [1.165, 1.54) is 25.9 Å². The van der Waals surface area contributed by atoms with Crippen molar-refractivity contribution in [2.75, 3.05) is 40.8 Å². The molecule has 3 heteroatoms. The fourth-order valence-corrected chi connectivity index (χ4v) is 2.94. The van der Waals surface area contributed by atoms with Crippen LogP contribution in [0, 0.1) is 5.92 Å². The van der Waals surface area contributed by atoms with Crippen molar-refractivity contribution in [3.8, 4) is 0 Å². The van der Waals surface area contributed by atoms with Crippen LogP contribution in [0.4, 0.5) is 0 Å². The topological polar surface area (TPSA) is 18.5 Å². The molecule has 0 saturated carbocycles. The summed E-state index contributed by atoms with van der Waals surface area (Å²) in [6, 6.07) is 1.46. The monoisotopic (exact) mass is 227 g/mol. The van der Waals surface area contributed by atoms with Crippen molar-refractivity contribution in [3.05, 3.63) is 0 Å². The molecule has 0 radical (unpaired) electrons. The van der Waals surface area contributed by atoms with Crippen LogP contribution in [-0.2, 0) is 0 Å². The minimum atomic E-state index is 0.724. The van der Waals surface area contributed by atoms with Gasteiger partial charge in [-0.3, -0.25) is 4.90 Å². The van der Waals surface area contributed by atoms with Crippen LogP contribution in [-0.4, -0.2) is 62.7 Å². The number of hydrogen-bond acceptors (Lipinski definition) is 3. The molecule has 0 aromatic carbocycles. The van der Waals surface area contributed by atoms with Crippen LogP contribution < -0.4 is 5.32 Å². The Bertz CT molecular complexity index is 188. The van der Waals surface area contributed by atoms with Gasteiger partial charge in [-0.2, -0.15) is 0 Å². The first-order chi connectivity index (χ1) is 7.60. The second kappa shape index (κ2) is 6.58. The highest BCUT2D eigenvalue weighted by atomic mass is 15.3. The van der Waals surface area contributed by atoms with E-state index in [1.54, 1.807) is 0 Å². The zero-order valence-electron chi connectivity index (χ0n) is 11.7. The molecule has 3 unspecified atom stereocenters. The van der Waals surface area contributed by atoms with E-state index in [4.69, 9.17) is 0 Å². The molecular weight excluding hydrogens is 198 g/mol. The van der Waals surface area contributed by atoms with Crippen molar-refractivity contribution in [1.82, 2.24) is 15.1 Å². The van der Waals surface area contributed by atoms with Gasteiger partial charge in [0, 0.05) is 31.7 Å². The average Bonchev–Trinajstić information content (AvgIpc) is 2.60. The minimum Gasteiger partial charge on any atom is -0.318 e. The van der Waals surface area contributed by atoms with E-state index >= 15 is 0 Å². The molecule has 0 amide bonds. The Balaban J connectivity index is 2.53. The zero-order valence-corrected chi connectivity index (χ0v) is 11.7. The van der Waals surface area contributed by atoms with E-state index < -0.39 is 0 Å². The lowest BCUT2D eigenvalue weighted by atomic mass is 10.1. The second-order valence-corrected chi connectivity index (χ2v) is 5.46. The van der Waals surface area contributed by atoms with Gasteiger partial charge in [-0.1, -0.05) is 20.3 Å². The summed E-state index contributed by atoms with van der Waals surface area (Å²) in [5.74, 6) is 0.797. The van der Waals surface area contributed by atoms with Crippen molar-refractivity contribution >= 4 is 0 Å². The Morgan fingerprint density at radius 3 is 2.50 bits per heavy atom. The molecule has 1 aliphatic rings. The molecule has 0 bridgehead atoms. The summed E-state index contributed by atoms with van der Waals surface area (Å²) in [5.41, 5.74) is 0. The SMILES string of the molecule is CCCC(CNC)N1CC(C)C(N(C)C)C1. The summed E-state index contributed by atoms with van der Waals surface area (Å²) >= 11 is 0. The lowest BCUT2D eigenvalue weighted by Crippen LogP contribution is -2.42.